The highest BCUT2D eigenvalue weighted by atomic mass is 32.2. The van der Waals surface area contributed by atoms with Crippen LogP contribution in [0.3, 0.4) is 0 Å². The molecule has 0 aliphatic rings. The first kappa shape index (κ1) is 10.6. The van der Waals surface area contributed by atoms with Crippen molar-refractivity contribution in [1.82, 2.24) is 0 Å². The smallest absolute Gasteiger partial charge is 0.248 e. The monoisotopic (exact) mass is 210 g/mol. The lowest BCUT2D eigenvalue weighted by Gasteiger charge is -2.00. The normalized spacial score (nSPS) is 9.71. The van der Waals surface area contributed by atoms with Crippen LogP contribution in [0, 0.1) is 0 Å². The summed E-state index contributed by atoms with van der Waals surface area (Å²) in [6, 6.07) is 6.76. The Kier molecular flexibility index (Phi) is 3.53. The summed E-state index contributed by atoms with van der Waals surface area (Å²) in [6.07, 6.45) is 0. The van der Waals surface area contributed by atoms with Crippen molar-refractivity contribution in [3.05, 3.63) is 29.8 Å². The first-order valence-electron chi connectivity index (χ1n) is 3.90. The van der Waals surface area contributed by atoms with E-state index in [0.717, 1.165) is 4.90 Å². The van der Waals surface area contributed by atoms with E-state index in [0.29, 0.717) is 5.56 Å². The highest BCUT2D eigenvalue weighted by molar-refractivity contribution is 8.00. The van der Waals surface area contributed by atoms with Gasteiger partial charge in [-0.05, 0) is 18.2 Å². The van der Waals surface area contributed by atoms with Gasteiger partial charge >= 0.3 is 0 Å². The average molecular weight is 210 g/mol. The maximum Gasteiger partial charge on any atom is 0.248 e. The average Bonchev–Trinajstić information content (AvgIpc) is 2.15. The second-order valence-corrected chi connectivity index (χ2v) is 3.70. The molecule has 5 heteroatoms. The Hall–Kier alpha value is -1.49. The van der Waals surface area contributed by atoms with Crippen molar-refractivity contribution in [3.8, 4) is 0 Å². The van der Waals surface area contributed by atoms with Crippen LogP contribution in [0.1, 0.15) is 10.4 Å². The maximum absolute atomic E-state index is 10.8. The standard InChI is InChI=1S/C9H10N2O2S/c10-8(12)5-14-7-3-1-2-6(4-7)9(11)13/h1-4H,5H2,(H2,10,12)(H2,11,13). The third-order valence-corrected chi connectivity index (χ3v) is 2.52. The second-order valence-electron chi connectivity index (χ2n) is 2.65. The van der Waals surface area contributed by atoms with Gasteiger partial charge in [0.05, 0.1) is 5.75 Å². The topological polar surface area (TPSA) is 86.2 Å². The zero-order valence-corrected chi connectivity index (χ0v) is 8.21. The molecule has 1 rings (SSSR count). The number of carbonyl (C=O) groups excluding carboxylic acids is 2. The van der Waals surface area contributed by atoms with Crippen LogP contribution >= 0.6 is 11.8 Å². The van der Waals surface area contributed by atoms with Gasteiger partial charge in [0.2, 0.25) is 11.8 Å². The first-order valence-corrected chi connectivity index (χ1v) is 4.89. The molecule has 0 aliphatic heterocycles. The van der Waals surface area contributed by atoms with Gasteiger partial charge in [-0.1, -0.05) is 6.07 Å². The molecule has 0 aromatic heterocycles. The molecule has 0 atom stereocenters. The SMILES string of the molecule is NC(=O)CSc1cccc(C(N)=O)c1. The number of rotatable bonds is 4. The fourth-order valence-corrected chi connectivity index (χ4v) is 1.59. The molecular formula is C9H10N2O2S. The lowest BCUT2D eigenvalue weighted by Crippen LogP contribution is -2.13. The van der Waals surface area contributed by atoms with Gasteiger partial charge in [-0.25, -0.2) is 0 Å². The number of carbonyl (C=O) groups is 2. The van der Waals surface area contributed by atoms with Crippen molar-refractivity contribution < 1.29 is 9.59 Å². The van der Waals surface area contributed by atoms with Crippen molar-refractivity contribution in [2.45, 2.75) is 4.90 Å². The Labute approximate surface area is 85.7 Å². The molecule has 0 bridgehead atoms. The highest BCUT2D eigenvalue weighted by Gasteiger charge is 2.02. The summed E-state index contributed by atoms with van der Waals surface area (Å²) in [4.78, 5) is 22.1. The van der Waals surface area contributed by atoms with Crippen LogP contribution in [-0.2, 0) is 4.79 Å². The summed E-state index contributed by atoms with van der Waals surface area (Å²) in [5.41, 5.74) is 10.5. The van der Waals surface area contributed by atoms with Gasteiger partial charge in [0.25, 0.3) is 0 Å². The lowest BCUT2D eigenvalue weighted by atomic mass is 10.2. The largest absolute Gasteiger partial charge is 0.369 e. The van der Waals surface area contributed by atoms with E-state index in [1.54, 1.807) is 24.3 Å². The molecule has 0 radical (unpaired) electrons. The van der Waals surface area contributed by atoms with Crippen molar-refractivity contribution in [1.29, 1.82) is 0 Å². The molecule has 0 aliphatic carbocycles. The van der Waals surface area contributed by atoms with Crippen LogP contribution in [0.5, 0.6) is 0 Å². The minimum atomic E-state index is -0.480. The van der Waals surface area contributed by atoms with Crippen LogP contribution < -0.4 is 11.5 Å². The van der Waals surface area contributed by atoms with Crippen LogP contribution in [0.25, 0.3) is 0 Å². The summed E-state index contributed by atoms with van der Waals surface area (Å²) in [7, 11) is 0. The molecule has 4 nitrogen and oxygen atoms in total. The summed E-state index contributed by atoms with van der Waals surface area (Å²) in [5.74, 6) is -0.673. The van der Waals surface area contributed by atoms with Crippen LogP contribution in [0.2, 0.25) is 0 Å². The third kappa shape index (κ3) is 3.10. The van der Waals surface area contributed by atoms with E-state index >= 15 is 0 Å². The van der Waals surface area contributed by atoms with Crippen molar-refractivity contribution in [2.24, 2.45) is 11.5 Å². The molecule has 1 aromatic carbocycles. The van der Waals surface area contributed by atoms with Gasteiger partial charge in [-0.2, -0.15) is 0 Å². The minimum Gasteiger partial charge on any atom is -0.369 e. The number of hydrogen-bond acceptors (Lipinski definition) is 3. The molecule has 0 saturated carbocycles. The maximum atomic E-state index is 10.8. The zero-order chi connectivity index (χ0) is 10.6. The van der Waals surface area contributed by atoms with E-state index in [1.807, 2.05) is 0 Å². The fourth-order valence-electron chi connectivity index (χ4n) is 0.894. The Morgan fingerprint density at radius 3 is 2.57 bits per heavy atom. The lowest BCUT2D eigenvalue weighted by molar-refractivity contribution is -0.115. The van der Waals surface area contributed by atoms with Crippen molar-refractivity contribution in [3.63, 3.8) is 0 Å². The van der Waals surface area contributed by atoms with E-state index in [9.17, 15) is 9.59 Å². The minimum absolute atomic E-state index is 0.197. The van der Waals surface area contributed by atoms with Crippen LogP contribution in [0.15, 0.2) is 29.2 Å². The molecule has 0 saturated heterocycles. The second kappa shape index (κ2) is 4.66. The molecule has 2 amide bonds. The first-order chi connectivity index (χ1) is 6.59. The Morgan fingerprint density at radius 2 is 2.00 bits per heavy atom. The fraction of sp³-hybridized carbons (Fsp3) is 0.111. The number of amides is 2. The quantitative estimate of drug-likeness (QED) is 0.703. The molecule has 4 N–H and O–H groups in total. The van der Waals surface area contributed by atoms with Gasteiger partial charge in [-0.3, -0.25) is 9.59 Å². The zero-order valence-electron chi connectivity index (χ0n) is 7.40. The molecule has 74 valence electrons. The molecule has 14 heavy (non-hydrogen) atoms. The Bertz CT molecular complexity index is 366. The molecular weight excluding hydrogens is 200 g/mol. The van der Waals surface area contributed by atoms with Crippen molar-refractivity contribution in [2.75, 3.05) is 5.75 Å². The molecule has 1 aromatic rings. The van der Waals surface area contributed by atoms with Gasteiger partial charge in [-0.15, -0.1) is 11.8 Å². The van der Waals surface area contributed by atoms with Crippen LogP contribution in [-0.4, -0.2) is 17.6 Å². The summed E-state index contributed by atoms with van der Waals surface area (Å²) in [6.45, 7) is 0. The van der Waals surface area contributed by atoms with Gasteiger partial charge in [0, 0.05) is 10.5 Å². The Morgan fingerprint density at radius 1 is 1.29 bits per heavy atom. The predicted octanol–water partition coefficient (Wildman–Crippen LogP) is 0.363. The number of benzene rings is 1. The molecule has 0 unspecified atom stereocenters. The third-order valence-electron chi connectivity index (χ3n) is 1.50. The van der Waals surface area contributed by atoms with Crippen molar-refractivity contribution >= 4 is 23.6 Å². The van der Waals surface area contributed by atoms with E-state index in [-0.39, 0.29) is 11.7 Å². The number of primary amides is 2. The Balaban J connectivity index is 2.73. The predicted molar refractivity (Wildman–Crippen MR) is 54.9 cm³/mol. The molecule has 0 heterocycles. The summed E-state index contributed by atoms with van der Waals surface area (Å²) < 4.78 is 0. The van der Waals surface area contributed by atoms with Gasteiger partial charge in [0.1, 0.15) is 0 Å². The summed E-state index contributed by atoms with van der Waals surface area (Å²) in [5, 5.41) is 0. The van der Waals surface area contributed by atoms with Crippen LogP contribution in [0.4, 0.5) is 0 Å². The van der Waals surface area contributed by atoms with E-state index in [4.69, 9.17) is 11.5 Å². The molecule has 0 spiro atoms. The van der Waals surface area contributed by atoms with Gasteiger partial charge in [0.15, 0.2) is 0 Å². The van der Waals surface area contributed by atoms with E-state index in [1.165, 1.54) is 11.8 Å². The van der Waals surface area contributed by atoms with E-state index < -0.39 is 5.91 Å². The molecule has 0 fully saturated rings. The van der Waals surface area contributed by atoms with Gasteiger partial charge < -0.3 is 11.5 Å². The number of hydrogen-bond donors (Lipinski definition) is 2. The summed E-state index contributed by atoms with van der Waals surface area (Å²) >= 11 is 1.28. The highest BCUT2D eigenvalue weighted by Crippen LogP contribution is 2.18. The van der Waals surface area contributed by atoms with E-state index in [2.05, 4.69) is 0 Å². The number of thioether (sulfide) groups is 1. The number of nitrogens with two attached hydrogens (primary N) is 2.